The summed E-state index contributed by atoms with van der Waals surface area (Å²) in [6.07, 6.45) is 3.89. The van der Waals surface area contributed by atoms with Gasteiger partial charge in [0.15, 0.2) is 0 Å². The Morgan fingerprint density at radius 1 is 0.708 bits per heavy atom. The van der Waals surface area contributed by atoms with E-state index in [4.69, 9.17) is 4.42 Å². The number of pyridine rings is 1. The molecule has 0 unspecified atom stereocenters. The molecule has 0 spiro atoms. The Kier molecular flexibility index (Phi) is 2.10. The van der Waals surface area contributed by atoms with Crippen molar-refractivity contribution in [1.29, 1.82) is 0 Å². The summed E-state index contributed by atoms with van der Waals surface area (Å²) in [7, 11) is 0. The first-order valence-corrected chi connectivity index (χ1v) is 7.99. The second kappa shape index (κ2) is 4.15. The van der Waals surface area contributed by atoms with Crippen LogP contribution in [0.4, 0.5) is 0 Å². The predicted molar refractivity (Wildman–Crippen MR) is 97.5 cm³/mol. The summed E-state index contributed by atoms with van der Waals surface area (Å²) in [5.41, 5.74) is 3.99. The first-order valence-electron chi connectivity index (χ1n) is 7.99. The monoisotopic (exact) mass is 308 g/mol. The number of nitrogens with zero attached hydrogens (tertiary/aromatic N) is 2. The highest BCUT2D eigenvalue weighted by Gasteiger charge is 2.13. The smallest absolute Gasteiger partial charge is 0.145 e. The molecule has 3 nitrogen and oxygen atoms in total. The summed E-state index contributed by atoms with van der Waals surface area (Å²) in [4.78, 5) is 4.57. The van der Waals surface area contributed by atoms with Gasteiger partial charge in [-0.25, -0.2) is 4.98 Å². The van der Waals surface area contributed by atoms with Gasteiger partial charge in [-0.1, -0.05) is 42.5 Å². The minimum Gasteiger partial charge on any atom is -0.456 e. The van der Waals surface area contributed by atoms with Crippen molar-refractivity contribution in [2.45, 2.75) is 0 Å². The number of benzene rings is 3. The quantitative estimate of drug-likeness (QED) is 0.345. The van der Waals surface area contributed by atoms with Crippen LogP contribution in [0, 0.1) is 0 Å². The third kappa shape index (κ3) is 1.39. The summed E-state index contributed by atoms with van der Waals surface area (Å²) in [6.45, 7) is 0. The molecule has 3 heterocycles. The standard InChI is InChI=1S/C21H12N2O/c1-2-7-15-13(5-1)16-12-20-17(14-6-3-4-8-19(14)24-20)11-18(16)23-10-9-22-21(15)23/h1-12H. The molecule has 0 amide bonds. The molecule has 6 aromatic rings. The van der Waals surface area contributed by atoms with E-state index in [9.17, 15) is 0 Å². The number of hydrogen-bond acceptors (Lipinski definition) is 2. The minimum absolute atomic E-state index is 0.924. The average Bonchev–Trinajstić information content (AvgIpc) is 3.25. The number of furan rings is 1. The summed E-state index contributed by atoms with van der Waals surface area (Å²) in [5, 5.41) is 5.83. The Balaban J connectivity index is 1.97. The van der Waals surface area contributed by atoms with Gasteiger partial charge in [0.2, 0.25) is 0 Å². The largest absolute Gasteiger partial charge is 0.456 e. The van der Waals surface area contributed by atoms with Crippen LogP contribution in [0.15, 0.2) is 77.5 Å². The van der Waals surface area contributed by atoms with Crippen LogP contribution in [-0.4, -0.2) is 9.38 Å². The molecule has 112 valence electrons. The number of imidazole rings is 1. The maximum absolute atomic E-state index is 6.08. The van der Waals surface area contributed by atoms with Gasteiger partial charge >= 0.3 is 0 Å². The van der Waals surface area contributed by atoms with Crippen molar-refractivity contribution >= 4 is 49.3 Å². The van der Waals surface area contributed by atoms with Gasteiger partial charge in [0.1, 0.15) is 16.8 Å². The number of rotatable bonds is 0. The first kappa shape index (κ1) is 12.1. The molecule has 24 heavy (non-hydrogen) atoms. The van der Waals surface area contributed by atoms with Crippen molar-refractivity contribution in [2.24, 2.45) is 0 Å². The Labute approximate surface area is 136 Å². The van der Waals surface area contributed by atoms with Crippen LogP contribution in [0.2, 0.25) is 0 Å². The van der Waals surface area contributed by atoms with E-state index in [1.165, 1.54) is 10.8 Å². The molecule has 3 aromatic heterocycles. The van der Waals surface area contributed by atoms with E-state index in [2.05, 4.69) is 57.9 Å². The van der Waals surface area contributed by atoms with Crippen molar-refractivity contribution in [3.63, 3.8) is 0 Å². The van der Waals surface area contributed by atoms with Crippen molar-refractivity contribution < 1.29 is 4.42 Å². The van der Waals surface area contributed by atoms with Crippen LogP contribution in [0.25, 0.3) is 49.3 Å². The topological polar surface area (TPSA) is 30.4 Å². The van der Waals surface area contributed by atoms with Gasteiger partial charge in [0, 0.05) is 33.9 Å². The summed E-state index contributed by atoms with van der Waals surface area (Å²) in [6, 6.07) is 21.0. The Hall–Kier alpha value is -3.33. The lowest BCUT2D eigenvalue weighted by Crippen LogP contribution is -1.90. The zero-order chi connectivity index (χ0) is 15.7. The lowest BCUT2D eigenvalue weighted by atomic mass is 10.0. The predicted octanol–water partition coefficient (Wildman–Crippen LogP) is 5.54. The van der Waals surface area contributed by atoms with Gasteiger partial charge in [-0.05, 0) is 23.6 Å². The van der Waals surface area contributed by atoms with Crippen molar-refractivity contribution in [3.05, 3.63) is 73.1 Å². The maximum Gasteiger partial charge on any atom is 0.145 e. The van der Waals surface area contributed by atoms with Crippen LogP contribution in [0.5, 0.6) is 0 Å². The van der Waals surface area contributed by atoms with Crippen LogP contribution < -0.4 is 0 Å². The molecule has 0 aliphatic heterocycles. The lowest BCUT2D eigenvalue weighted by molar-refractivity contribution is 0.669. The highest BCUT2D eigenvalue weighted by molar-refractivity contribution is 6.17. The molecule has 3 heteroatoms. The lowest BCUT2D eigenvalue weighted by Gasteiger charge is -2.08. The number of aromatic nitrogens is 2. The molecule has 0 bridgehead atoms. The third-order valence-corrected chi connectivity index (χ3v) is 4.85. The van der Waals surface area contributed by atoms with Crippen LogP contribution in [-0.2, 0) is 0 Å². The fourth-order valence-corrected chi connectivity index (χ4v) is 3.79. The van der Waals surface area contributed by atoms with Gasteiger partial charge in [0.25, 0.3) is 0 Å². The molecular formula is C21H12N2O. The number of fused-ring (bicyclic) bond motifs is 9. The zero-order valence-electron chi connectivity index (χ0n) is 12.7. The van der Waals surface area contributed by atoms with E-state index in [1.807, 2.05) is 24.5 Å². The van der Waals surface area contributed by atoms with E-state index in [-0.39, 0.29) is 0 Å². The molecular weight excluding hydrogens is 296 g/mol. The second-order valence-corrected chi connectivity index (χ2v) is 6.13. The Bertz CT molecular complexity index is 1410. The first-order chi connectivity index (χ1) is 11.9. The zero-order valence-corrected chi connectivity index (χ0v) is 12.7. The van der Waals surface area contributed by atoms with Crippen LogP contribution in [0.3, 0.4) is 0 Å². The highest BCUT2D eigenvalue weighted by Crippen LogP contribution is 2.35. The van der Waals surface area contributed by atoms with Crippen molar-refractivity contribution in [3.8, 4) is 0 Å². The van der Waals surface area contributed by atoms with E-state index >= 15 is 0 Å². The summed E-state index contributed by atoms with van der Waals surface area (Å²) >= 11 is 0. The normalized spacial score (nSPS) is 12.2. The van der Waals surface area contributed by atoms with Gasteiger partial charge in [-0.3, -0.25) is 4.40 Å². The van der Waals surface area contributed by atoms with Gasteiger partial charge in [0.05, 0.1) is 5.52 Å². The molecule has 0 fully saturated rings. The fourth-order valence-electron chi connectivity index (χ4n) is 3.79. The number of hydrogen-bond donors (Lipinski definition) is 0. The summed E-state index contributed by atoms with van der Waals surface area (Å²) < 4.78 is 8.24. The van der Waals surface area contributed by atoms with Crippen molar-refractivity contribution in [2.75, 3.05) is 0 Å². The third-order valence-electron chi connectivity index (χ3n) is 4.85. The number of para-hydroxylation sites is 1. The fraction of sp³-hybridized carbons (Fsp3) is 0. The Morgan fingerprint density at radius 3 is 2.42 bits per heavy atom. The molecule has 0 aliphatic carbocycles. The molecule has 0 saturated carbocycles. The second-order valence-electron chi connectivity index (χ2n) is 6.13. The minimum atomic E-state index is 0.924. The molecule has 3 aromatic carbocycles. The molecule has 0 saturated heterocycles. The van der Waals surface area contributed by atoms with E-state index < -0.39 is 0 Å². The summed E-state index contributed by atoms with van der Waals surface area (Å²) in [5.74, 6) is 0. The van der Waals surface area contributed by atoms with Gasteiger partial charge < -0.3 is 4.42 Å². The molecule has 0 N–H and O–H groups in total. The highest BCUT2D eigenvalue weighted by atomic mass is 16.3. The van der Waals surface area contributed by atoms with E-state index in [0.717, 1.165) is 38.5 Å². The molecule has 6 rings (SSSR count). The molecule has 0 radical (unpaired) electrons. The molecule has 0 aliphatic rings. The van der Waals surface area contributed by atoms with Crippen LogP contribution in [0.1, 0.15) is 0 Å². The Morgan fingerprint density at radius 2 is 1.50 bits per heavy atom. The maximum atomic E-state index is 6.08. The van der Waals surface area contributed by atoms with Gasteiger partial charge in [-0.15, -0.1) is 0 Å². The van der Waals surface area contributed by atoms with E-state index in [0.29, 0.717) is 0 Å². The van der Waals surface area contributed by atoms with Crippen LogP contribution >= 0.6 is 0 Å². The van der Waals surface area contributed by atoms with E-state index in [1.54, 1.807) is 0 Å². The van der Waals surface area contributed by atoms with Crippen molar-refractivity contribution in [1.82, 2.24) is 9.38 Å². The molecule has 0 atom stereocenters. The average molecular weight is 308 g/mol. The SMILES string of the molecule is c1ccc2c(c1)oc1cc3c4ccccc4c4nccn4c3cc12. The van der Waals surface area contributed by atoms with Gasteiger partial charge in [-0.2, -0.15) is 0 Å².